The van der Waals surface area contributed by atoms with Gasteiger partial charge in [-0.3, -0.25) is 4.98 Å². The van der Waals surface area contributed by atoms with Crippen LogP contribution in [0.15, 0.2) is 48.7 Å². The summed E-state index contributed by atoms with van der Waals surface area (Å²) in [5, 5.41) is 3.02. The maximum atomic E-state index is 12.9. The van der Waals surface area contributed by atoms with Gasteiger partial charge in [0.05, 0.1) is 11.4 Å². The number of urea groups is 1. The standard InChI is InChI=1S/C21H27N3O3/c1-26-15-12-18-9-5-7-14-24(18)21(25)23-19-10-2-3-11-20(19)27-16-17-8-4-6-13-22-17/h2-4,6,8,10-11,13,18H,5,7,9,12,14-16H2,1H3,(H,23,25)/t18-/m1/s1. The number of anilines is 1. The normalized spacial score (nSPS) is 16.8. The Hall–Kier alpha value is -2.60. The van der Waals surface area contributed by atoms with Crippen molar-refractivity contribution in [3.05, 3.63) is 54.4 Å². The Bertz CT molecular complexity index is 724. The van der Waals surface area contributed by atoms with E-state index in [0.717, 1.165) is 37.9 Å². The zero-order valence-corrected chi connectivity index (χ0v) is 15.8. The van der Waals surface area contributed by atoms with Gasteiger partial charge in [-0.25, -0.2) is 4.79 Å². The number of hydrogen-bond acceptors (Lipinski definition) is 4. The van der Waals surface area contributed by atoms with Crippen molar-refractivity contribution in [3.8, 4) is 5.75 Å². The number of methoxy groups -OCH3 is 1. The summed E-state index contributed by atoms with van der Waals surface area (Å²) in [5.74, 6) is 0.641. The van der Waals surface area contributed by atoms with Crippen molar-refractivity contribution in [1.82, 2.24) is 9.88 Å². The van der Waals surface area contributed by atoms with E-state index >= 15 is 0 Å². The number of piperidine rings is 1. The molecule has 1 atom stereocenters. The van der Waals surface area contributed by atoms with Crippen LogP contribution in [0, 0.1) is 0 Å². The lowest BCUT2D eigenvalue weighted by Gasteiger charge is -2.35. The lowest BCUT2D eigenvalue weighted by Crippen LogP contribution is -2.46. The van der Waals surface area contributed by atoms with Gasteiger partial charge >= 0.3 is 6.03 Å². The quantitative estimate of drug-likeness (QED) is 0.799. The summed E-state index contributed by atoms with van der Waals surface area (Å²) in [5.41, 5.74) is 1.52. The molecule has 2 aromatic rings. The number of nitrogens with zero attached hydrogens (tertiary/aromatic N) is 2. The number of hydrogen-bond donors (Lipinski definition) is 1. The fraction of sp³-hybridized carbons (Fsp3) is 0.429. The van der Waals surface area contributed by atoms with Crippen LogP contribution in [-0.4, -0.2) is 42.2 Å². The summed E-state index contributed by atoms with van der Waals surface area (Å²) in [4.78, 5) is 19.1. The zero-order valence-electron chi connectivity index (χ0n) is 15.8. The van der Waals surface area contributed by atoms with Crippen molar-refractivity contribution < 1.29 is 14.3 Å². The van der Waals surface area contributed by atoms with Gasteiger partial charge in [0.2, 0.25) is 0 Å². The van der Waals surface area contributed by atoms with Gasteiger partial charge < -0.3 is 19.7 Å². The third-order valence-electron chi connectivity index (χ3n) is 4.77. The Labute approximate surface area is 160 Å². The Morgan fingerprint density at radius 2 is 2.07 bits per heavy atom. The molecule has 1 aromatic carbocycles. The minimum Gasteiger partial charge on any atom is -0.485 e. The van der Waals surface area contributed by atoms with Crippen LogP contribution in [0.3, 0.4) is 0 Å². The van der Waals surface area contributed by atoms with Gasteiger partial charge in [-0.1, -0.05) is 18.2 Å². The van der Waals surface area contributed by atoms with E-state index in [1.54, 1.807) is 13.3 Å². The Morgan fingerprint density at radius 3 is 2.89 bits per heavy atom. The third kappa shape index (κ3) is 5.44. The molecule has 3 rings (SSSR count). The highest BCUT2D eigenvalue weighted by Crippen LogP contribution is 2.27. The molecule has 1 saturated heterocycles. The molecule has 0 saturated carbocycles. The topological polar surface area (TPSA) is 63.7 Å². The first-order valence-electron chi connectivity index (χ1n) is 9.46. The number of carbonyl (C=O) groups is 1. The van der Waals surface area contributed by atoms with Crippen molar-refractivity contribution in [2.45, 2.75) is 38.3 Å². The van der Waals surface area contributed by atoms with Gasteiger partial charge in [-0.15, -0.1) is 0 Å². The predicted molar refractivity (Wildman–Crippen MR) is 105 cm³/mol. The summed E-state index contributed by atoms with van der Waals surface area (Å²) in [6.07, 6.45) is 5.82. The van der Waals surface area contributed by atoms with Crippen molar-refractivity contribution in [2.24, 2.45) is 0 Å². The van der Waals surface area contributed by atoms with Gasteiger partial charge in [0.1, 0.15) is 12.4 Å². The molecule has 2 amide bonds. The molecular weight excluding hydrogens is 342 g/mol. The predicted octanol–water partition coefficient (Wildman–Crippen LogP) is 4.08. The summed E-state index contributed by atoms with van der Waals surface area (Å²) >= 11 is 0. The van der Waals surface area contributed by atoms with Crippen molar-refractivity contribution in [3.63, 3.8) is 0 Å². The van der Waals surface area contributed by atoms with Gasteiger partial charge in [0, 0.05) is 32.5 Å². The fourth-order valence-electron chi connectivity index (χ4n) is 3.34. The maximum Gasteiger partial charge on any atom is 0.322 e. The van der Waals surface area contributed by atoms with E-state index in [-0.39, 0.29) is 12.1 Å². The second-order valence-corrected chi connectivity index (χ2v) is 6.66. The molecular formula is C21H27N3O3. The molecule has 1 aromatic heterocycles. The molecule has 6 heteroatoms. The second kappa shape index (κ2) is 9.92. The Balaban J connectivity index is 1.64. The molecule has 1 fully saturated rings. The molecule has 0 unspecified atom stereocenters. The van der Waals surface area contributed by atoms with Crippen LogP contribution in [-0.2, 0) is 11.3 Å². The summed E-state index contributed by atoms with van der Waals surface area (Å²) in [6, 6.07) is 13.4. The number of amides is 2. The van der Waals surface area contributed by atoms with E-state index in [9.17, 15) is 4.79 Å². The lowest BCUT2D eigenvalue weighted by molar-refractivity contribution is 0.123. The van der Waals surface area contributed by atoms with Gasteiger partial charge in [-0.05, 0) is 49.9 Å². The van der Waals surface area contributed by atoms with E-state index in [1.807, 2.05) is 47.4 Å². The number of ether oxygens (including phenoxy) is 2. The third-order valence-corrected chi connectivity index (χ3v) is 4.77. The largest absolute Gasteiger partial charge is 0.485 e. The van der Waals surface area contributed by atoms with Gasteiger partial charge in [0.15, 0.2) is 0 Å². The number of likely N-dealkylation sites (tertiary alicyclic amines) is 1. The van der Waals surface area contributed by atoms with E-state index in [1.165, 1.54) is 0 Å². The van der Waals surface area contributed by atoms with Crippen LogP contribution in [0.25, 0.3) is 0 Å². The molecule has 0 spiro atoms. The average Bonchev–Trinajstić information content (AvgIpc) is 2.72. The van der Waals surface area contributed by atoms with E-state index < -0.39 is 0 Å². The van der Waals surface area contributed by atoms with E-state index in [0.29, 0.717) is 24.7 Å². The van der Waals surface area contributed by atoms with Gasteiger partial charge in [0.25, 0.3) is 0 Å². The number of benzene rings is 1. The van der Waals surface area contributed by atoms with Crippen molar-refractivity contribution >= 4 is 11.7 Å². The van der Waals surface area contributed by atoms with Crippen LogP contribution in [0.4, 0.5) is 10.5 Å². The highest BCUT2D eigenvalue weighted by atomic mass is 16.5. The monoisotopic (exact) mass is 369 g/mol. The molecule has 2 heterocycles. The number of carbonyl (C=O) groups excluding carboxylic acids is 1. The first-order chi connectivity index (χ1) is 13.3. The second-order valence-electron chi connectivity index (χ2n) is 6.66. The zero-order chi connectivity index (χ0) is 18.9. The number of aromatic nitrogens is 1. The number of para-hydroxylation sites is 2. The smallest absolute Gasteiger partial charge is 0.322 e. The minimum absolute atomic E-state index is 0.0790. The molecule has 144 valence electrons. The van der Waals surface area contributed by atoms with Gasteiger partial charge in [-0.2, -0.15) is 0 Å². The molecule has 0 aliphatic carbocycles. The van der Waals surface area contributed by atoms with Crippen LogP contribution in [0.5, 0.6) is 5.75 Å². The molecule has 6 nitrogen and oxygen atoms in total. The number of pyridine rings is 1. The van der Waals surface area contributed by atoms with Crippen LogP contribution in [0.1, 0.15) is 31.4 Å². The highest BCUT2D eigenvalue weighted by Gasteiger charge is 2.26. The van der Waals surface area contributed by atoms with Crippen molar-refractivity contribution in [1.29, 1.82) is 0 Å². The van der Waals surface area contributed by atoms with Crippen LogP contribution < -0.4 is 10.1 Å². The SMILES string of the molecule is COCC[C@H]1CCCCN1C(=O)Nc1ccccc1OCc1ccccn1. The first kappa shape index (κ1) is 19.2. The Kier molecular flexibility index (Phi) is 7.04. The number of rotatable bonds is 7. The molecule has 0 radical (unpaired) electrons. The fourth-order valence-corrected chi connectivity index (χ4v) is 3.34. The van der Waals surface area contributed by atoms with Crippen molar-refractivity contribution in [2.75, 3.05) is 25.6 Å². The molecule has 1 aliphatic rings. The maximum absolute atomic E-state index is 12.9. The highest BCUT2D eigenvalue weighted by molar-refractivity contribution is 5.91. The minimum atomic E-state index is -0.0790. The Morgan fingerprint density at radius 1 is 1.22 bits per heavy atom. The average molecular weight is 369 g/mol. The first-order valence-corrected chi connectivity index (χ1v) is 9.46. The van der Waals surface area contributed by atoms with Crippen LogP contribution >= 0.6 is 0 Å². The summed E-state index contributed by atoms with van der Waals surface area (Å²) in [7, 11) is 1.70. The molecule has 1 aliphatic heterocycles. The van der Waals surface area contributed by atoms with E-state index in [2.05, 4.69) is 10.3 Å². The van der Waals surface area contributed by atoms with E-state index in [4.69, 9.17) is 9.47 Å². The van der Waals surface area contributed by atoms with Crippen LogP contribution in [0.2, 0.25) is 0 Å². The molecule has 1 N–H and O–H groups in total. The molecule has 27 heavy (non-hydrogen) atoms. The number of nitrogens with one attached hydrogen (secondary N) is 1. The molecule has 0 bridgehead atoms. The lowest BCUT2D eigenvalue weighted by atomic mass is 10.00. The summed E-state index contributed by atoms with van der Waals surface area (Å²) in [6.45, 7) is 1.79. The summed E-state index contributed by atoms with van der Waals surface area (Å²) < 4.78 is 11.1.